The van der Waals surface area contributed by atoms with Crippen LogP contribution < -0.4 is 10.5 Å². The number of hydrogen-bond donors (Lipinski definition) is 4. The highest BCUT2D eigenvalue weighted by Gasteiger charge is 2.45. The molecule has 1 aliphatic heterocycles. The van der Waals surface area contributed by atoms with Crippen LogP contribution in [0.4, 0.5) is 5.82 Å². The SMILES string of the molecule is Nc1ncnc2c1ncn2[C@@H]1O[C@H](COS(=O)(=O)NC(=O)C2CCCC2)[C@@H](O)[C@H]1O. The summed E-state index contributed by atoms with van der Waals surface area (Å²) >= 11 is 0. The topological polar surface area (TPSA) is 192 Å². The van der Waals surface area contributed by atoms with E-state index in [0.717, 1.165) is 12.8 Å². The van der Waals surface area contributed by atoms with Crippen LogP contribution in [0.5, 0.6) is 0 Å². The second-order valence-electron chi connectivity index (χ2n) is 7.32. The van der Waals surface area contributed by atoms with Crippen LogP contribution in [0.2, 0.25) is 0 Å². The Morgan fingerprint density at radius 2 is 2.00 bits per heavy atom. The second-order valence-corrected chi connectivity index (χ2v) is 8.66. The smallest absolute Gasteiger partial charge is 0.362 e. The number of carbonyl (C=O) groups is 1. The molecule has 4 rings (SSSR count). The molecule has 13 nitrogen and oxygen atoms in total. The Kier molecular flexibility index (Phi) is 5.59. The molecule has 2 fully saturated rings. The number of aliphatic hydroxyl groups excluding tert-OH is 2. The molecule has 4 atom stereocenters. The van der Waals surface area contributed by atoms with E-state index in [1.807, 2.05) is 4.72 Å². The monoisotopic (exact) mass is 442 g/mol. The Balaban J connectivity index is 1.42. The fourth-order valence-electron chi connectivity index (χ4n) is 3.73. The zero-order chi connectivity index (χ0) is 21.5. The van der Waals surface area contributed by atoms with Crippen molar-refractivity contribution in [2.45, 2.75) is 50.2 Å². The van der Waals surface area contributed by atoms with Crippen LogP contribution in [0.3, 0.4) is 0 Å². The first-order valence-electron chi connectivity index (χ1n) is 9.42. The molecule has 0 radical (unpaired) electrons. The van der Waals surface area contributed by atoms with E-state index in [-0.39, 0.29) is 17.4 Å². The van der Waals surface area contributed by atoms with Gasteiger partial charge in [0.25, 0.3) is 0 Å². The Hall–Kier alpha value is -2.39. The lowest BCUT2D eigenvalue weighted by atomic mass is 10.1. The molecule has 1 saturated carbocycles. The molecular weight excluding hydrogens is 420 g/mol. The fourth-order valence-corrected chi connectivity index (χ4v) is 4.52. The maximum atomic E-state index is 12.1. The van der Waals surface area contributed by atoms with Gasteiger partial charge in [-0.1, -0.05) is 12.8 Å². The van der Waals surface area contributed by atoms with Crippen molar-refractivity contribution in [3.8, 4) is 0 Å². The number of nitrogens with zero attached hydrogens (tertiary/aromatic N) is 4. The molecule has 164 valence electrons. The number of amides is 1. The minimum atomic E-state index is -4.39. The van der Waals surface area contributed by atoms with E-state index in [0.29, 0.717) is 18.4 Å². The second kappa shape index (κ2) is 8.03. The van der Waals surface area contributed by atoms with Crippen LogP contribution in [0.25, 0.3) is 11.2 Å². The summed E-state index contributed by atoms with van der Waals surface area (Å²) in [5, 5.41) is 20.7. The van der Waals surface area contributed by atoms with E-state index < -0.39 is 47.4 Å². The van der Waals surface area contributed by atoms with E-state index in [9.17, 15) is 23.4 Å². The summed E-state index contributed by atoms with van der Waals surface area (Å²) in [5.74, 6) is -0.830. The molecule has 14 heteroatoms. The van der Waals surface area contributed by atoms with Gasteiger partial charge in [-0.2, -0.15) is 8.42 Å². The molecule has 0 bridgehead atoms. The van der Waals surface area contributed by atoms with Gasteiger partial charge in [0.1, 0.15) is 30.2 Å². The van der Waals surface area contributed by atoms with Crippen LogP contribution in [0.1, 0.15) is 31.9 Å². The predicted octanol–water partition coefficient (Wildman–Crippen LogP) is -1.40. The van der Waals surface area contributed by atoms with Crippen molar-refractivity contribution >= 4 is 33.2 Å². The highest BCUT2D eigenvalue weighted by Crippen LogP contribution is 2.32. The number of aliphatic hydroxyl groups is 2. The summed E-state index contributed by atoms with van der Waals surface area (Å²) in [7, 11) is -4.39. The van der Waals surface area contributed by atoms with E-state index in [4.69, 9.17) is 14.7 Å². The molecule has 1 aliphatic carbocycles. The van der Waals surface area contributed by atoms with Gasteiger partial charge in [-0.25, -0.2) is 19.7 Å². The van der Waals surface area contributed by atoms with Gasteiger partial charge < -0.3 is 20.7 Å². The molecule has 0 unspecified atom stereocenters. The molecule has 0 spiro atoms. The molecule has 2 aliphatic rings. The van der Waals surface area contributed by atoms with Gasteiger partial charge >= 0.3 is 10.3 Å². The minimum absolute atomic E-state index is 0.135. The zero-order valence-corrected chi connectivity index (χ0v) is 16.6. The molecular formula is C16H22N6O7S. The normalized spacial score (nSPS) is 27.7. The molecule has 30 heavy (non-hydrogen) atoms. The Morgan fingerprint density at radius 3 is 2.73 bits per heavy atom. The largest absolute Gasteiger partial charge is 0.387 e. The quantitative estimate of drug-likeness (QED) is 0.411. The number of rotatable bonds is 6. The molecule has 2 aromatic rings. The lowest BCUT2D eigenvalue weighted by Gasteiger charge is -2.16. The number of nitrogens with two attached hydrogens (primary N) is 1. The van der Waals surface area contributed by atoms with Crippen LogP contribution in [0, 0.1) is 5.92 Å². The van der Waals surface area contributed by atoms with Gasteiger partial charge in [0, 0.05) is 5.92 Å². The van der Waals surface area contributed by atoms with Gasteiger partial charge in [0.05, 0.1) is 12.9 Å². The van der Waals surface area contributed by atoms with Crippen molar-refractivity contribution in [3.05, 3.63) is 12.7 Å². The maximum absolute atomic E-state index is 12.1. The van der Waals surface area contributed by atoms with Gasteiger partial charge in [0.15, 0.2) is 17.7 Å². The Bertz CT molecular complexity index is 1040. The number of nitrogen functional groups attached to an aromatic ring is 1. The summed E-state index contributed by atoms with van der Waals surface area (Å²) < 4.78 is 37.8. The highest BCUT2D eigenvalue weighted by molar-refractivity contribution is 7.85. The zero-order valence-electron chi connectivity index (χ0n) is 15.8. The summed E-state index contributed by atoms with van der Waals surface area (Å²) in [6, 6.07) is 0. The van der Waals surface area contributed by atoms with Gasteiger partial charge in [-0.3, -0.25) is 13.5 Å². The fraction of sp³-hybridized carbons (Fsp3) is 0.625. The number of ether oxygens (including phenoxy) is 1. The summed E-state index contributed by atoms with van der Waals surface area (Å²) in [6.07, 6.45) is 0.393. The Morgan fingerprint density at radius 1 is 1.27 bits per heavy atom. The molecule has 5 N–H and O–H groups in total. The van der Waals surface area contributed by atoms with Crippen LogP contribution >= 0.6 is 0 Å². The molecule has 3 heterocycles. The van der Waals surface area contributed by atoms with E-state index in [1.165, 1.54) is 17.2 Å². The van der Waals surface area contributed by atoms with Crippen molar-refractivity contribution in [3.63, 3.8) is 0 Å². The third-order valence-electron chi connectivity index (χ3n) is 5.34. The van der Waals surface area contributed by atoms with E-state index in [2.05, 4.69) is 15.0 Å². The average Bonchev–Trinajstić information content (AvgIpc) is 3.42. The summed E-state index contributed by atoms with van der Waals surface area (Å²) in [6.45, 7) is -0.605. The number of nitrogens with one attached hydrogen (secondary N) is 1. The lowest BCUT2D eigenvalue weighted by molar-refractivity contribution is -0.123. The van der Waals surface area contributed by atoms with Crippen molar-refractivity contribution in [2.75, 3.05) is 12.3 Å². The third kappa shape index (κ3) is 3.96. The predicted molar refractivity (Wildman–Crippen MR) is 101 cm³/mol. The highest BCUT2D eigenvalue weighted by atomic mass is 32.2. The number of carbonyl (C=O) groups excluding carboxylic acids is 1. The first-order chi connectivity index (χ1) is 14.3. The number of fused-ring (bicyclic) bond motifs is 1. The molecule has 1 amide bonds. The van der Waals surface area contributed by atoms with Crippen LogP contribution in [-0.2, 0) is 24.0 Å². The van der Waals surface area contributed by atoms with Crippen molar-refractivity contribution in [1.82, 2.24) is 24.2 Å². The van der Waals surface area contributed by atoms with E-state index in [1.54, 1.807) is 0 Å². The van der Waals surface area contributed by atoms with E-state index >= 15 is 0 Å². The molecule has 0 aromatic carbocycles. The number of hydrogen-bond acceptors (Lipinski definition) is 11. The van der Waals surface area contributed by atoms with Gasteiger partial charge in [-0.15, -0.1) is 0 Å². The Labute approximate surface area is 171 Å². The van der Waals surface area contributed by atoms with Crippen LogP contribution in [-0.4, -0.2) is 69.0 Å². The van der Waals surface area contributed by atoms with Crippen molar-refractivity contribution in [1.29, 1.82) is 0 Å². The first kappa shape index (κ1) is 20.9. The van der Waals surface area contributed by atoms with Crippen molar-refractivity contribution in [2.24, 2.45) is 5.92 Å². The number of anilines is 1. The molecule has 2 aromatic heterocycles. The van der Waals surface area contributed by atoms with Gasteiger partial charge in [0.2, 0.25) is 5.91 Å². The minimum Gasteiger partial charge on any atom is -0.387 e. The summed E-state index contributed by atoms with van der Waals surface area (Å²) in [5.41, 5.74) is 6.30. The maximum Gasteiger partial charge on any atom is 0.362 e. The number of imidazole rings is 1. The molecule has 1 saturated heterocycles. The van der Waals surface area contributed by atoms with Gasteiger partial charge in [-0.05, 0) is 12.8 Å². The summed E-state index contributed by atoms with van der Waals surface area (Å²) in [4.78, 5) is 23.9. The first-order valence-corrected chi connectivity index (χ1v) is 10.8. The van der Waals surface area contributed by atoms with Crippen molar-refractivity contribution < 1.29 is 32.3 Å². The van der Waals surface area contributed by atoms with Crippen LogP contribution in [0.15, 0.2) is 12.7 Å². The standard InChI is InChI=1S/C16H22N6O7S/c17-13-10-14(19-6-18-13)22(7-20-10)16-12(24)11(23)9(29-16)5-28-30(26,27)21-15(25)8-3-1-2-4-8/h6-9,11-12,16,23-24H,1-5H2,(H,21,25)(H2,17,18,19)/t9-,11-,12-,16-/m1/s1. The third-order valence-corrected chi connectivity index (χ3v) is 6.24. The number of aromatic nitrogens is 4. The lowest BCUT2D eigenvalue weighted by Crippen LogP contribution is -2.39. The average molecular weight is 442 g/mol.